The van der Waals surface area contributed by atoms with Gasteiger partial charge in [-0.3, -0.25) is 4.79 Å². The molecule has 1 aromatic rings. The van der Waals surface area contributed by atoms with Crippen molar-refractivity contribution in [2.24, 2.45) is 0 Å². The summed E-state index contributed by atoms with van der Waals surface area (Å²) in [6.45, 7) is 5.33. The van der Waals surface area contributed by atoms with Gasteiger partial charge in [-0.25, -0.2) is 0 Å². The minimum absolute atomic E-state index is 0.0119. The predicted molar refractivity (Wildman–Crippen MR) is 88.4 cm³/mol. The molecule has 0 aromatic heterocycles. The van der Waals surface area contributed by atoms with Gasteiger partial charge in [-0.2, -0.15) is 0 Å². The van der Waals surface area contributed by atoms with Crippen molar-refractivity contribution in [1.29, 1.82) is 0 Å². The minimum atomic E-state index is -0.392. The first-order chi connectivity index (χ1) is 11.7. The zero-order valence-electron chi connectivity index (χ0n) is 14.3. The van der Waals surface area contributed by atoms with Crippen LogP contribution in [-0.4, -0.2) is 69.1 Å². The Kier molecular flexibility index (Phi) is 5.38. The molecule has 6 heteroatoms. The molecule has 0 unspecified atom stereocenters. The third-order valence-electron chi connectivity index (χ3n) is 4.69. The van der Waals surface area contributed by atoms with E-state index >= 15 is 0 Å². The molecule has 2 fully saturated rings. The van der Waals surface area contributed by atoms with Crippen molar-refractivity contribution in [2.75, 3.05) is 46.7 Å². The molecule has 2 heterocycles. The third-order valence-corrected chi connectivity index (χ3v) is 4.69. The Morgan fingerprint density at radius 3 is 2.83 bits per heavy atom. The molecule has 1 spiro atoms. The van der Waals surface area contributed by atoms with E-state index in [2.05, 4.69) is 0 Å². The molecule has 2 aliphatic heterocycles. The Balaban J connectivity index is 1.75. The van der Waals surface area contributed by atoms with E-state index in [1.54, 1.807) is 19.2 Å². The van der Waals surface area contributed by atoms with Gasteiger partial charge in [-0.1, -0.05) is 0 Å². The summed E-state index contributed by atoms with van der Waals surface area (Å²) in [5.41, 5.74) is 0.266. The van der Waals surface area contributed by atoms with Gasteiger partial charge in [0, 0.05) is 25.1 Å². The van der Waals surface area contributed by atoms with Crippen LogP contribution < -0.4 is 4.74 Å². The highest BCUT2D eigenvalue weighted by Gasteiger charge is 2.49. The second-order valence-corrected chi connectivity index (χ2v) is 6.26. The number of carbonyl (C=O) groups excluding carboxylic acids is 1. The number of carbonyl (C=O) groups is 1. The molecule has 0 radical (unpaired) electrons. The van der Waals surface area contributed by atoms with E-state index in [9.17, 15) is 4.79 Å². The van der Waals surface area contributed by atoms with Crippen LogP contribution in [0.25, 0.3) is 0 Å². The van der Waals surface area contributed by atoms with Crippen LogP contribution in [0.2, 0.25) is 0 Å². The largest absolute Gasteiger partial charge is 0.497 e. The van der Waals surface area contributed by atoms with E-state index < -0.39 is 5.54 Å². The summed E-state index contributed by atoms with van der Waals surface area (Å²) in [5.74, 6) is 0.755. The first-order valence-electron chi connectivity index (χ1n) is 8.41. The summed E-state index contributed by atoms with van der Waals surface area (Å²) in [5, 5.41) is 0. The Morgan fingerprint density at radius 1 is 1.33 bits per heavy atom. The molecule has 2 atom stereocenters. The first kappa shape index (κ1) is 17.2. The summed E-state index contributed by atoms with van der Waals surface area (Å²) >= 11 is 0. The van der Waals surface area contributed by atoms with Gasteiger partial charge in [0.2, 0.25) is 0 Å². The van der Waals surface area contributed by atoms with Crippen LogP contribution in [0.1, 0.15) is 23.7 Å². The maximum Gasteiger partial charge on any atom is 0.254 e. The van der Waals surface area contributed by atoms with E-state index in [0.29, 0.717) is 45.1 Å². The number of nitrogens with zero attached hydrogens (tertiary/aromatic N) is 1. The highest BCUT2D eigenvalue weighted by atomic mass is 16.5. The Morgan fingerprint density at radius 2 is 2.12 bits per heavy atom. The van der Waals surface area contributed by atoms with Gasteiger partial charge in [0.05, 0.1) is 45.2 Å². The van der Waals surface area contributed by atoms with Gasteiger partial charge in [0.1, 0.15) is 5.75 Å². The van der Waals surface area contributed by atoms with Crippen molar-refractivity contribution in [3.05, 3.63) is 29.8 Å². The standard InChI is InChI=1S/C18H25NO5/c1-3-22-11-16-10-18(13-24-16)12-23-9-8-19(18)17(20)14-4-6-15(21-2)7-5-14/h4-7,16H,3,8-13H2,1-2H3/t16-,18+/m1/s1. The number of rotatable bonds is 5. The molecular weight excluding hydrogens is 310 g/mol. The van der Waals surface area contributed by atoms with Crippen molar-refractivity contribution in [3.63, 3.8) is 0 Å². The van der Waals surface area contributed by atoms with E-state index in [1.807, 2.05) is 24.0 Å². The lowest BCUT2D eigenvalue weighted by Gasteiger charge is -2.43. The Hall–Kier alpha value is -1.63. The third kappa shape index (κ3) is 3.41. The lowest BCUT2D eigenvalue weighted by molar-refractivity contribution is -0.0559. The smallest absolute Gasteiger partial charge is 0.254 e. The topological polar surface area (TPSA) is 57.2 Å². The van der Waals surface area contributed by atoms with E-state index in [4.69, 9.17) is 18.9 Å². The number of morpholine rings is 1. The number of amides is 1. The van der Waals surface area contributed by atoms with Gasteiger partial charge in [-0.15, -0.1) is 0 Å². The van der Waals surface area contributed by atoms with Gasteiger partial charge in [0.15, 0.2) is 0 Å². The normalized spacial score (nSPS) is 26.8. The Bertz CT molecular complexity index is 561. The monoisotopic (exact) mass is 335 g/mol. The molecule has 2 aliphatic rings. The number of benzene rings is 1. The van der Waals surface area contributed by atoms with Gasteiger partial charge in [0.25, 0.3) is 5.91 Å². The quantitative estimate of drug-likeness (QED) is 0.820. The zero-order valence-corrected chi connectivity index (χ0v) is 14.3. The van der Waals surface area contributed by atoms with Crippen LogP contribution in [0.3, 0.4) is 0 Å². The summed E-state index contributed by atoms with van der Waals surface area (Å²) < 4.78 is 22.2. The molecule has 0 bridgehead atoms. The summed E-state index contributed by atoms with van der Waals surface area (Å²) in [7, 11) is 1.61. The molecule has 2 saturated heterocycles. The second-order valence-electron chi connectivity index (χ2n) is 6.26. The van der Waals surface area contributed by atoms with Crippen LogP contribution in [0.4, 0.5) is 0 Å². The molecule has 132 valence electrons. The fourth-order valence-corrected chi connectivity index (χ4v) is 3.40. The van der Waals surface area contributed by atoms with Crippen LogP contribution in [0.15, 0.2) is 24.3 Å². The molecular formula is C18H25NO5. The number of hydrogen-bond donors (Lipinski definition) is 0. The summed E-state index contributed by atoms with van der Waals surface area (Å²) in [4.78, 5) is 14.9. The van der Waals surface area contributed by atoms with E-state index in [-0.39, 0.29) is 12.0 Å². The lowest BCUT2D eigenvalue weighted by Crippen LogP contribution is -2.59. The van der Waals surface area contributed by atoms with Gasteiger partial charge < -0.3 is 23.8 Å². The van der Waals surface area contributed by atoms with Crippen molar-refractivity contribution in [3.8, 4) is 5.75 Å². The Labute approximate surface area is 142 Å². The fraction of sp³-hybridized carbons (Fsp3) is 0.611. The summed E-state index contributed by atoms with van der Waals surface area (Å²) in [6.07, 6.45) is 0.757. The molecule has 1 amide bonds. The lowest BCUT2D eigenvalue weighted by atomic mass is 9.92. The van der Waals surface area contributed by atoms with Crippen molar-refractivity contribution < 1.29 is 23.7 Å². The zero-order chi connectivity index (χ0) is 17.0. The molecule has 0 N–H and O–H groups in total. The average Bonchev–Trinajstić information content (AvgIpc) is 3.03. The van der Waals surface area contributed by atoms with Crippen LogP contribution >= 0.6 is 0 Å². The minimum Gasteiger partial charge on any atom is -0.497 e. The molecule has 0 saturated carbocycles. The van der Waals surface area contributed by atoms with Gasteiger partial charge >= 0.3 is 0 Å². The van der Waals surface area contributed by atoms with Gasteiger partial charge in [-0.05, 0) is 31.2 Å². The maximum atomic E-state index is 13.0. The maximum absolute atomic E-state index is 13.0. The molecule has 0 aliphatic carbocycles. The molecule has 24 heavy (non-hydrogen) atoms. The SMILES string of the molecule is CCOC[C@H]1C[C@]2(COCCN2C(=O)c2ccc(OC)cc2)CO1. The predicted octanol–water partition coefficient (Wildman–Crippen LogP) is 1.73. The van der Waals surface area contributed by atoms with Crippen molar-refractivity contribution in [2.45, 2.75) is 25.0 Å². The number of methoxy groups -OCH3 is 1. The van der Waals surface area contributed by atoms with E-state index in [1.165, 1.54) is 0 Å². The summed E-state index contributed by atoms with van der Waals surface area (Å²) in [6, 6.07) is 7.22. The van der Waals surface area contributed by atoms with Crippen LogP contribution in [0, 0.1) is 0 Å². The fourth-order valence-electron chi connectivity index (χ4n) is 3.40. The average molecular weight is 335 g/mol. The second kappa shape index (κ2) is 7.51. The molecule has 1 aromatic carbocycles. The van der Waals surface area contributed by atoms with Crippen LogP contribution in [-0.2, 0) is 14.2 Å². The number of ether oxygens (including phenoxy) is 4. The van der Waals surface area contributed by atoms with Crippen molar-refractivity contribution in [1.82, 2.24) is 4.90 Å². The molecule has 6 nitrogen and oxygen atoms in total. The first-order valence-corrected chi connectivity index (χ1v) is 8.41. The van der Waals surface area contributed by atoms with E-state index in [0.717, 1.165) is 12.2 Å². The molecule has 3 rings (SSSR count). The number of hydrogen-bond acceptors (Lipinski definition) is 5. The highest BCUT2D eigenvalue weighted by Crippen LogP contribution is 2.34. The van der Waals surface area contributed by atoms with Crippen molar-refractivity contribution >= 4 is 5.91 Å². The highest BCUT2D eigenvalue weighted by molar-refractivity contribution is 5.95. The van der Waals surface area contributed by atoms with Crippen LogP contribution in [0.5, 0.6) is 5.75 Å².